The summed E-state index contributed by atoms with van der Waals surface area (Å²) in [5, 5.41) is 10.1. The van der Waals surface area contributed by atoms with Crippen molar-refractivity contribution < 1.29 is 5.11 Å². The van der Waals surface area contributed by atoms with Gasteiger partial charge in [-0.25, -0.2) is 0 Å². The van der Waals surface area contributed by atoms with Crippen LogP contribution in [0.3, 0.4) is 0 Å². The van der Waals surface area contributed by atoms with Crippen LogP contribution in [-0.2, 0) is 6.42 Å². The Morgan fingerprint density at radius 3 is 2.74 bits per heavy atom. The van der Waals surface area contributed by atoms with Crippen LogP contribution >= 0.6 is 27.7 Å². The fraction of sp³-hybridized carbons (Fsp3) is 0.267. The average molecular weight is 338 g/mol. The lowest BCUT2D eigenvalue weighted by Gasteiger charge is -2.11. The number of hydrogen-bond donors (Lipinski definition) is 1. The molecule has 1 N–H and O–H groups in total. The molecule has 1 unspecified atom stereocenters. The lowest BCUT2D eigenvalue weighted by molar-refractivity contribution is 0.199. The van der Waals surface area contributed by atoms with E-state index in [1.807, 2.05) is 24.3 Å². The fourth-order valence-electron chi connectivity index (χ4n) is 1.73. The summed E-state index contributed by atoms with van der Waals surface area (Å²) in [4.78, 5) is 5.50. The van der Waals surface area contributed by atoms with E-state index in [9.17, 15) is 5.11 Å². The number of halogens is 1. The van der Waals surface area contributed by atoms with Crippen molar-refractivity contribution in [3.05, 3.63) is 58.3 Å². The molecule has 0 aliphatic carbocycles. The molecule has 0 fully saturated rings. The van der Waals surface area contributed by atoms with Gasteiger partial charge in [0.15, 0.2) is 0 Å². The third-order valence-electron chi connectivity index (χ3n) is 2.76. The van der Waals surface area contributed by atoms with Crippen LogP contribution in [0.25, 0.3) is 0 Å². The quantitative estimate of drug-likeness (QED) is 0.841. The van der Waals surface area contributed by atoms with E-state index in [0.717, 1.165) is 10.2 Å². The minimum atomic E-state index is -0.377. The van der Waals surface area contributed by atoms with Crippen LogP contribution < -0.4 is 0 Å². The molecule has 19 heavy (non-hydrogen) atoms. The first-order valence-corrected chi connectivity index (χ1v) is 7.90. The van der Waals surface area contributed by atoms with Gasteiger partial charge in [0.25, 0.3) is 0 Å². The number of benzene rings is 1. The summed E-state index contributed by atoms with van der Waals surface area (Å²) < 4.78 is 0.958. The van der Waals surface area contributed by atoms with Crippen molar-refractivity contribution in [2.45, 2.75) is 24.3 Å². The Labute approximate surface area is 126 Å². The molecule has 1 aromatic heterocycles. The number of aryl methyl sites for hydroxylation is 1. The van der Waals surface area contributed by atoms with Crippen LogP contribution in [0, 0.1) is 6.92 Å². The van der Waals surface area contributed by atoms with Crippen LogP contribution in [-0.4, -0.2) is 21.9 Å². The predicted molar refractivity (Wildman–Crippen MR) is 83.6 cm³/mol. The van der Waals surface area contributed by atoms with Gasteiger partial charge in [0.2, 0.25) is 0 Å². The average Bonchev–Trinajstić information content (AvgIpc) is 2.40. The second-order valence-electron chi connectivity index (χ2n) is 4.40. The zero-order valence-electron chi connectivity index (χ0n) is 10.7. The minimum Gasteiger partial charge on any atom is -0.392 e. The van der Waals surface area contributed by atoms with Gasteiger partial charge in [0, 0.05) is 33.4 Å². The van der Waals surface area contributed by atoms with E-state index >= 15 is 0 Å². The molecule has 0 saturated carbocycles. The molecule has 0 aliphatic heterocycles. The van der Waals surface area contributed by atoms with E-state index in [-0.39, 0.29) is 6.10 Å². The molecule has 0 amide bonds. The highest BCUT2D eigenvalue weighted by molar-refractivity contribution is 9.10. The highest BCUT2D eigenvalue weighted by Gasteiger charge is 2.08. The number of aliphatic hydroxyl groups is 1. The normalized spacial score (nSPS) is 12.4. The summed E-state index contributed by atoms with van der Waals surface area (Å²) in [6, 6.07) is 12.1. The highest BCUT2D eigenvalue weighted by atomic mass is 79.9. The van der Waals surface area contributed by atoms with Crippen molar-refractivity contribution in [2.75, 3.05) is 5.75 Å². The molecular weight excluding hydrogens is 322 g/mol. The second kappa shape index (κ2) is 7.08. The molecule has 2 aromatic rings. The van der Waals surface area contributed by atoms with Crippen LogP contribution in [0.5, 0.6) is 0 Å². The number of hydrogen-bond acceptors (Lipinski definition) is 3. The number of thioether (sulfide) groups is 1. The summed E-state index contributed by atoms with van der Waals surface area (Å²) >= 11 is 5.04. The fourth-order valence-corrected chi connectivity index (χ4v) is 2.93. The lowest BCUT2D eigenvalue weighted by Crippen LogP contribution is -2.14. The Bertz CT molecular complexity index is 530. The monoisotopic (exact) mass is 337 g/mol. The zero-order chi connectivity index (χ0) is 13.7. The molecule has 0 bridgehead atoms. The van der Waals surface area contributed by atoms with Crippen molar-refractivity contribution in [1.29, 1.82) is 0 Å². The first-order chi connectivity index (χ1) is 9.15. The highest BCUT2D eigenvalue weighted by Crippen LogP contribution is 2.23. The maximum absolute atomic E-state index is 10.1. The number of nitrogens with zero attached hydrogens (tertiary/aromatic N) is 1. The zero-order valence-corrected chi connectivity index (χ0v) is 13.1. The van der Waals surface area contributed by atoms with E-state index in [2.05, 4.69) is 40.0 Å². The van der Waals surface area contributed by atoms with Gasteiger partial charge in [-0.3, -0.25) is 4.98 Å². The Kier molecular flexibility index (Phi) is 5.43. The first-order valence-electron chi connectivity index (χ1n) is 6.12. The standard InChI is InChI=1S/C15H16BrNOS/c1-11-4-2-3-5-15(11)19-10-14(18)8-13-7-6-12(16)9-17-13/h2-7,9,14,18H,8,10H2,1H3. The Balaban J connectivity index is 1.86. The van der Waals surface area contributed by atoms with E-state index in [0.29, 0.717) is 12.2 Å². The van der Waals surface area contributed by atoms with Gasteiger partial charge >= 0.3 is 0 Å². The van der Waals surface area contributed by atoms with Crippen LogP contribution in [0.1, 0.15) is 11.3 Å². The number of pyridine rings is 1. The second-order valence-corrected chi connectivity index (χ2v) is 6.38. The minimum absolute atomic E-state index is 0.377. The van der Waals surface area contributed by atoms with Crippen LogP contribution in [0.2, 0.25) is 0 Å². The van der Waals surface area contributed by atoms with E-state index in [1.54, 1.807) is 18.0 Å². The molecule has 0 saturated heterocycles. The molecule has 0 spiro atoms. The summed E-state index contributed by atoms with van der Waals surface area (Å²) in [5.74, 6) is 0.683. The van der Waals surface area contributed by atoms with E-state index in [4.69, 9.17) is 0 Å². The van der Waals surface area contributed by atoms with Gasteiger partial charge in [-0.1, -0.05) is 18.2 Å². The molecule has 1 heterocycles. The largest absolute Gasteiger partial charge is 0.392 e. The third kappa shape index (κ3) is 4.64. The van der Waals surface area contributed by atoms with Gasteiger partial charge < -0.3 is 5.11 Å². The smallest absolute Gasteiger partial charge is 0.0689 e. The molecule has 4 heteroatoms. The molecule has 2 nitrogen and oxygen atoms in total. The first kappa shape index (κ1) is 14.6. The predicted octanol–water partition coefficient (Wildman–Crippen LogP) is 3.85. The molecule has 0 aliphatic rings. The van der Waals surface area contributed by atoms with Gasteiger partial charge in [-0.05, 0) is 46.6 Å². The van der Waals surface area contributed by atoms with Crippen molar-refractivity contribution in [3.63, 3.8) is 0 Å². The summed E-state index contributed by atoms with van der Waals surface area (Å²) in [6.07, 6.45) is 1.97. The molecular formula is C15H16BrNOS. The van der Waals surface area contributed by atoms with Crippen molar-refractivity contribution >= 4 is 27.7 Å². The summed E-state index contributed by atoms with van der Waals surface area (Å²) in [7, 11) is 0. The van der Waals surface area contributed by atoms with E-state index < -0.39 is 0 Å². The van der Waals surface area contributed by atoms with Gasteiger partial charge in [0.05, 0.1) is 6.10 Å². The molecule has 100 valence electrons. The van der Waals surface area contributed by atoms with Gasteiger partial charge in [-0.15, -0.1) is 11.8 Å². The lowest BCUT2D eigenvalue weighted by atomic mass is 10.2. The topological polar surface area (TPSA) is 33.1 Å². The SMILES string of the molecule is Cc1ccccc1SCC(O)Cc1ccc(Br)cn1. The van der Waals surface area contributed by atoms with Crippen LogP contribution in [0.4, 0.5) is 0 Å². The van der Waals surface area contributed by atoms with Crippen molar-refractivity contribution in [3.8, 4) is 0 Å². The van der Waals surface area contributed by atoms with Crippen LogP contribution in [0.15, 0.2) is 52.0 Å². The molecule has 2 rings (SSSR count). The Morgan fingerprint density at radius 2 is 2.05 bits per heavy atom. The maximum atomic E-state index is 10.1. The number of rotatable bonds is 5. The van der Waals surface area contributed by atoms with Gasteiger partial charge in [0.1, 0.15) is 0 Å². The molecule has 0 radical (unpaired) electrons. The van der Waals surface area contributed by atoms with Crippen molar-refractivity contribution in [1.82, 2.24) is 4.98 Å². The van der Waals surface area contributed by atoms with E-state index in [1.165, 1.54) is 10.5 Å². The van der Waals surface area contributed by atoms with Crippen molar-refractivity contribution in [2.24, 2.45) is 0 Å². The number of aliphatic hydroxyl groups excluding tert-OH is 1. The molecule has 1 aromatic carbocycles. The number of aromatic nitrogens is 1. The molecule has 1 atom stereocenters. The van der Waals surface area contributed by atoms with Gasteiger partial charge in [-0.2, -0.15) is 0 Å². The summed E-state index contributed by atoms with van der Waals surface area (Å²) in [5.41, 5.74) is 2.17. The Hall–Kier alpha value is -0.840. The third-order valence-corrected chi connectivity index (χ3v) is 4.55. The maximum Gasteiger partial charge on any atom is 0.0689 e. The Morgan fingerprint density at radius 1 is 1.26 bits per heavy atom. The summed E-state index contributed by atoms with van der Waals surface area (Å²) in [6.45, 7) is 2.09.